The first-order valence-electron chi connectivity index (χ1n) is 6.89. The van der Waals surface area contributed by atoms with E-state index in [9.17, 15) is 22.4 Å². The van der Waals surface area contributed by atoms with Gasteiger partial charge in [-0.2, -0.15) is 0 Å². The zero-order valence-corrected chi connectivity index (χ0v) is 14.1. The van der Waals surface area contributed by atoms with Crippen LogP contribution in [-0.4, -0.2) is 39.6 Å². The predicted molar refractivity (Wildman–Crippen MR) is 86.7 cm³/mol. The lowest BCUT2D eigenvalue weighted by Crippen LogP contribution is -2.28. The molecule has 0 aliphatic rings. The zero-order chi connectivity index (χ0) is 18.8. The van der Waals surface area contributed by atoms with Gasteiger partial charge in [0.15, 0.2) is 0 Å². The highest BCUT2D eigenvalue weighted by Crippen LogP contribution is 2.27. The zero-order valence-electron chi connectivity index (χ0n) is 13.3. The Morgan fingerprint density at radius 1 is 1.12 bits per heavy atom. The van der Waals surface area contributed by atoms with Gasteiger partial charge >= 0.3 is 11.9 Å². The van der Waals surface area contributed by atoms with Crippen LogP contribution in [0.15, 0.2) is 47.4 Å². The Bertz CT molecular complexity index is 941. The summed E-state index contributed by atoms with van der Waals surface area (Å²) in [5.41, 5.74) is -0.720. The van der Waals surface area contributed by atoms with E-state index in [2.05, 4.69) is 4.74 Å². The quantitative estimate of drug-likeness (QED) is 0.813. The number of rotatable bonds is 5. The summed E-state index contributed by atoms with van der Waals surface area (Å²) in [7, 11) is -1.88. The molecule has 2 aromatic rings. The molecule has 0 unspecified atom stereocenters. The van der Waals surface area contributed by atoms with Crippen LogP contribution < -0.4 is 4.31 Å². The van der Waals surface area contributed by atoms with Crippen molar-refractivity contribution in [1.82, 2.24) is 0 Å². The molecule has 25 heavy (non-hydrogen) atoms. The van der Waals surface area contributed by atoms with E-state index in [0.29, 0.717) is 0 Å². The number of carboxylic acid groups (broad SMARTS) is 1. The van der Waals surface area contributed by atoms with Crippen LogP contribution in [0.1, 0.15) is 20.7 Å². The smallest absolute Gasteiger partial charge is 0.340 e. The number of para-hydroxylation sites is 1. The molecule has 0 amide bonds. The number of aromatic carboxylic acids is 1. The third-order valence-electron chi connectivity index (χ3n) is 3.48. The van der Waals surface area contributed by atoms with Crippen LogP contribution in [0.3, 0.4) is 0 Å². The average Bonchev–Trinajstić information content (AvgIpc) is 2.60. The fourth-order valence-corrected chi connectivity index (χ4v) is 3.39. The van der Waals surface area contributed by atoms with Crippen LogP contribution in [0.4, 0.5) is 10.1 Å². The molecule has 7 nitrogen and oxygen atoms in total. The Hall–Kier alpha value is -2.94. The Kier molecular flexibility index (Phi) is 5.07. The van der Waals surface area contributed by atoms with E-state index < -0.39 is 38.2 Å². The summed E-state index contributed by atoms with van der Waals surface area (Å²) in [4.78, 5) is 22.4. The molecule has 132 valence electrons. The number of hydrogen-bond donors (Lipinski definition) is 1. The van der Waals surface area contributed by atoms with Gasteiger partial charge < -0.3 is 9.84 Å². The van der Waals surface area contributed by atoms with E-state index in [1.54, 1.807) is 0 Å². The number of anilines is 1. The first-order valence-corrected chi connectivity index (χ1v) is 8.33. The van der Waals surface area contributed by atoms with Crippen molar-refractivity contribution in [2.24, 2.45) is 0 Å². The molecule has 2 aromatic carbocycles. The maximum Gasteiger partial charge on any atom is 0.340 e. The van der Waals surface area contributed by atoms with Gasteiger partial charge in [-0.1, -0.05) is 12.1 Å². The highest BCUT2D eigenvalue weighted by Gasteiger charge is 2.27. The highest BCUT2D eigenvalue weighted by atomic mass is 32.2. The maximum absolute atomic E-state index is 13.5. The lowest BCUT2D eigenvalue weighted by molar-refractivity contribution is 0.0600. The molecular weight excluding hydrogens is 353 g/mol. The molecule has 0 aromatic heterocycles. The van der Waals surface area contributed by atoms with Crippen molar-refractivity contribution in [3.8, 4) is 0 Å². The molecule has 0 fully saturated rings. The van der Waals surface area contributed by atoms with Crippen molar-refractivity contribution in [1.29, 1.82) is 0 Å². The Morgan fingerprint density at radius 3 is 2.36 bits per heavy atom. The maximum atomic E-state index is 13.5. The first-order chi connectivity index (χ1) is 11.7. The number of carboxylic acids is 1. The molecule has 0 saturated heterocycles. The number of benzene rings is 2. The minimum absolute atomic E-state index is 0.0108. The number of sulfonamides is 1. The van der Waals surface area contributed by atoms with Crippen molar-refractivity contribution >= 4 is 27.6 Å². The average molecular weight is 367 g/mol. The topological polar surface area (TPSA) is 101 Å². The molecular formula is C16H14FNO6S. The molecule has 0 spiro atoms. The van der Waals surface area contributed by atoms with Gasteiger partial charge in [0.25, 0.3) is 10.0 Å². The van der Waals surface area contributed by atoms with Crippen molar-refractivity contribution < 1.29 is 32.2 Å². The molecule has 0 radical (unpaired) electrons. The Balaban J connectivity index is 2.56. The summed E-state index contributed by atoms with van der Waals surface area (Å²) in [6.07, 6.45) is 0. The lowest BCUT2D eigenvalue weighted by Gasteiger charge is -2.21. The third kappa shape index (κ3) is 3.45. The van der Waals surface area contributed by atoms with E-state index in [-0.39, 0.29) is 11.3 Å². The number of carbonyl (C=O) groups excluding carboxylic acids is 1. The van der Waals surface area contributed by atoms with Crippen LogP contribution in [0, 0.1) is 5.82 Å². The molecule has 9 heteroatoms. The number of halogens is 1. The van der Waals surface area contributed by atoms with Crippen molar-refractivity contribution in [2.75, 3.05) is 18.5 Å². The van der Waals surface area contributed by atoms with Gasteiger partial charge in [-0.15, -0.1) is 0 Å². The van der Waals surface area contributed by atoms with Crippen molar-refractivity contribution in [3.63, 3.8) is 0 Å². The van der Waals surface area contributed by atoms with E-state index in [0.717, 1.165) is 29.6 Å². The second-order valence-electron chi connectivity index (χ2n) is 4.93. The number of carbonyl (C=O) groups is 2. The molecule has 1 N–H and O–H groups in total. The number of esters is 1. The third-order valence-corrected chi connectivity index (χ3v) is 5.24. The van der Waals surface area contributed by atoms with E-state index >= 15 is 0 Å². The Labute approximate surface area is 143 Å². The highest BCUT2D eigenvalue weighted by molar-refractivity contribution is 7.92. The fourth-order valence-electron chi connectivity index (χ4n) is 2.15. The van der Waals surface area contributed by atoms with Crippen LogP contribution in [0.2, 0.25) is 0 Å². The van der Waals surface area contributed by atoms with Crippen LogP contribution in [-0.2, 0) is 14.8 Å². The second-order valence-corrected chi connectivity index (χ2v) is 6.90. The van der Waals surface area contributed by atoms with Crippen LogP contribution in [0.5, 0.6) is 0 Å². The van der Waals surface area contributed by atoms with E-state index in [4.69, 9.17) is 5.11 Å². The second kappa shape index (κ2) is 6.89. The van der Waals surface area contributed by atoms with E-state index in [1.807, 2.05) is 0 Å². The summed E-state index contributed by atoms with van der Waals surface area (Å²) in [5.74, 6) is -3.38. The van der Waals surface area contributed by atoms with Crippen molar-refractivity contribution in [2.45, 2.75) is 4.90 Å². The number of nitrogens with zero attached hydrogens (tertiary/aromatic N) is 1. The van der Waals surface area contributed by atoms with Gasteiger partial charge in [0, 0.05) is 7.05 Å². The standard InChI is InChI=1S/C16H14FNO6S/c1-18(14-6-4-3-5-11(14)16(21)24-2)25(22,23)10-7-8-13(17)12(9-10)15(19)20/h3-9H,1-2H3,(H,19,20). The van der Waals surface area contributed by atoms with Gasteiger partial charge in [0.2, 0.25) is 0 Å². The summed E-state index contributed by atoms with van der Waals surface area (Å²) >= 11 is 0. The number of methoxy groups -OCH3 is 1. The van der Waals surface area contributed by atoms with Gasteiger partial charge in [0.05, 0.1) is 28.8 Å². The largest absolute Gasteiger partial charge is 0.478 e. The first kappa shape index (κ1) is 18.4. The van der Waals surface area contributed by atoms with Gasteiger partial charge in [0.1, 0.15) is 5.82 Å². The fraction of sp³-hybridized carbons (Fsp3) is 0.125. The van der Waals surface area contributed by atoms with E-state index in [1.165, 1.54) is 31.3 Å². The minimum Gasteiger partial charge on any atom is -0.478 e. The monoisotopic (exact) mass is 367 g/mol. The van der Waals surface area contributed by atoms with Gasteiger partial charge in [-0.05, 0) is 30.3 Å². The normalized spacial score (nSPS) is 11.0. The SMILES string of the molecule is COC(=O)c1ccccc1N(C)S(=O)(=O)c1ccc(F)c(C(=O)O)c1. The molecule has 0 aliphatic heterocycles. The van der Waals surface area contributed by atoms with Crippen LogP contribution >= 0.6 is 0 Å². The van der Waals surface area contributed by atoms with Crippen LogP contribution in [0.25, 0.3) is 0 Å². The molecule has 2 rings (SSSR count). The van der Waals surface area contributed by atoms with Gasteiger partial charge in [-0.25, -0.2) is 22.4 Å². The number of ether oxygens (including phenoxy) is 1. The molecule has 0 saturated carbocycles. The molecule has 0 bridgehead atoms. The summed E-state index contributed by atoms with van der Waals surface area (Å²) in [5, 5.41) is 8.95. The van der Waals surface area contributed by atoms with Gasteiger partial charge in [-0.3, -0.25) is 4.31 Å². The summed E-state index contributed by atoms with van der Waals surface area (Å²) in [6.45, 7) is 0. The summed E-state index contributed by atoms with van der Waals surface area (Å²) in [6, 6.07) is 8.29. The summed E-state index contributed by atoms with van der Waals surface area (Å²) < 4.78 is 44.4. The minimum atomic E-state index is -4.23. The number of hydrogen-bond acceptors (Lipinski definition) is 5. The Morgan fingerprint density at radius 2 is 1.76 bits per heavy atom. The van der Waals surface area contributed by atoms with Crippen molar-refractivity contribution in [3.05, 3.63) is 59.4 Å². The molecule has 0 heterocycles. The molecule has 0 atom stereocenters. The molecule has 0 aliphatic carbocycles. The predicted octanol–water partition coefficient (Wildman–Crippen LogP) is 2.14. The lowest BCUT2D eigenvalue weighted by atomic mass is 10.2.